The molecule has 2 aromatic heterocycles. The van der Waals surface area contributed by atoms with Gasteiger partial charge < -0.3 is 19.4 Å². The lowest BCUT2D eigenvalue weighted by Crippen LogP contribution is -2.47. The maximum absolute atomic E-state index is 6.44. The first kappa shape index (κ1) is 24.4. The number of ether oxygens (including phenoxy) is 1. The number of nitrogens with one attached hydrogen (secondary N) is 1. The lowest BCUT2D eigenvalue weighted by molar-refractivity contribution is 0.260. The number of hydrogen-bond donors (Lipinski definition) is 1. The molecule has 0 amide bonds. The van der Waals surface area contributed by atoms with Gasteiger partial charge in [-0.3, -0.25) is 5.10 Å². The van der Waals surface area contributed by atoms with Crippen LogP contribution in [-0.2, 0) is 6.42 Å². The highest BCUT2D eigenvalue weighted by Gasteiger charge is 2.24. The minimum atomic E-state index is 0. The summed E-state index contributed by atoms with van der Waals surface area (Å²) in [7, 11) is 4.08. The van der Waals surface area contributed by atoms with E-state index in [1.165, 1.54) is 0 Å². The zero-order valence-corrected chi connectivity index (χ0v) is 20.6. The van der Waals surface area contributed by atoms with Gasteiger partial charge in [-0.1, -0.05) is 18.5 Å². The second-order valence-electron chi connectivity index (χ2n) is 8.13. The number of anilines is 2. The van der Waals surface area contributed by atoms with Crippen molar-refractivity contribution in [3.05, 3.63) is 34.7 Å². The number of fused-ring (bicyclic) bond motifs is 1. The van der Waals surface area contributed by atoms with Gasteiger partial charge >= 0.3 is 0 Å². The van der Waals surface area contributed by atoms with Crippen LogP contribution < -0.4 is 14.5 Å². The second kappa shape index (κ2) is 10.6. The van der Waals surface area contributed by atoms with Crippen LogP contribution in [0, 0.1) is 6.92 Å². The molecular formula is C22H31Cl2N7O. The molecule has 0 radical (unpaired) electrons. The van der Waals surface area contributed by atoms with Crippen molar-refractivity contribution in [1.29, 1.82) is 0 Å². The first-order chi connectivity index (χ1) is 15.0. The van der Waals surface area contributed by atoms with Crippen molar-refractivity contribution in [2.75, 3.05) is 63.2 Å². The molecule has 0 atom stereocenters. The van der Waals surface area contributed by atoms with Crippen LogP contribution >= 0.6 is 24.0 Å². The summed E-state index contributed by atoms with van der Waals surface area (Å²) in [4.78, 5) is 15.7. The molecule has 1 N–H and O–H groups in total. The highest BCUT2D eigenvalue weighted by molar-refractivity contribution is 6.31. The fourth-order valence-corrected chi connectivity index (χ4v) is 4.21. The molecule has 1 saturated heterocycles. The molecule has 1 aliphatic heterocycles. The van der Waals surface area contributed by atoms with Crippen molar-refractivity contribution in [3.8, 4) is 5.75 Å². The molecule has 1 aromatic carbocycles. The SMILES string of the molecule is CCc1[nH]nc2ncnc(N3CCN(c4cc(Cl)cc(OCCN(C)C)c4C)CC3)c12.Cl. The summed E-state index contributed by atoms with van der Waals surface area (Å²) in [6, 6.07) is 3.95. The zero-order valence-electron chi connectivity index (χ0n) is 19.1. The fraction of sp³-hybridized carbons (Fsp3) is 0.500. The first-order valence-corrected chi connectivity index (χ1v) is 11.1. The van der Waals surface area contributed by atoms with Gasteiger partial charge in [0.05, 0.1) is 5.39 Å². The Kier molecular flexibility index (Phi) is 8.03. The third kappa shape index (κ3) is 5.03. The third-order valence-corrected chi connectivity index (χ3v) is 5.99. The van der Waals surface area contributed by atoms with Gasteiger partial charge in [0.1, 0.15) is 24.5 Å². The smallest absolute Gasteiger partial charge is 0.186 e. The average molecular weight is 480 g/mol. The summed E-state index contributed by atoms with van der Waals surface area (Å²) in [5.74, 6) is 1.82. The Hall–Kier alpha value is -2.29. The van der Waals surface area contributed by atoms with Crippen LogP contribution in [0.25, 0.3) is 11.0 Å². The van der Waals surface area contributed by atoms with E-state index in [2.05, 4.69) is 48.7 Å². The van der Waals surface area contributed by atoms with E-state index in [1.54, 1.807) is 6.33 Å². The van der Waals surface area contributed by atoms with Gasteiger partial charge in [0.15, 0.2) is 5.65 Å². The summed E-state index contributed by atoms with van der Waals surface area (Å²) < 4.78 is 6.02. The van der Waals surface area contributed by atoms with Gasteiger partial charge in [-0.25, -0.2) is 9.97 Å². The van der Waals surface area contributed by atoms with Crippen molar-refractivity contribution in [2.45, 2.75) is 20.3 Å². The number of nitrogens with zero attached hydrogens (tertiary/aromatic N) is 6. The highest BCUT2D eigenvalue weighted by atomic mass is 35.5. The molecule has 3 heterocycles. The molecule has 0 saturated carbocycles. The number of likely N-dealkylation sites (N-methyl/N-ethyl adjacent to an activating group) is 1. The zero-order chi connectivity index (χ0) is 22.0. The number of piperazine rings is 1. The standard InChI is InChI=1S/C22H30ClN7O.ClH/c1-5-17-20-21(27-26-17)24-14-25-22(20)30-8-6-29(7-9-30)18-12-16(23)13-19(15(18)2)31-11-10-28(3)4;/h12-14H,5-11H2,1-4H3,(H,24,25,26,27);1H. The van der Waals surface area contributed by atoms with Crippen molar-refractivity contribution in [3.63, 3.8) is 0 Å². The lowest BCUT2D eigenvalue weighted by atomic mass is 10.1. The van der Waals surface area contributed by atoms with Crippen LogP contribution in [0.15, 0.2) is 18.5 Å². The number of rotatable bonds is 7. The third-order valence-electron chi connectivity index (χ3n) is 5.77. The largest absolute Gasteiger partial charge is 0.492 e. The Bertz CT molecular complexity index is 1050. The summed E-state index contributed by atoms with van der Waals surface area (Å²) in [5, 5.41) is 9.17. The van der Waals surface area contributed by atoms with E-state index < -0.39 is 0 Å². The van der Waals surface area contributed by atoms with Gasteiger partial charge in [0.2, 0.25) is 0 Å². The quantitative estimate of drug-likeness (QED) is 0.554. The fourth-order valence-electron chi connectivity index (χ4n) is 4.01. The van der Waals surface area contributed by atoms with E-state index in [0.717, 1.165) is 78.7 Å². The van der Waals surface area contributed by atoms with Crippen molar-refractivity contribution in [2.24, 2.45) is 0 Å². The van der Waals surface area contributed by atoms with E-state index in [-0.39, 0.29) is 12.4 Å². The van der Waals surface area contributed by atoms with Gasteiger partial charge in [-0.05, 0) is 39.6 Å². The lowest BCUT2D eigenvalue weighted by Gasteiger charge is -2.37. The monoisotopic (exact) mass is 479 g/mol. The predicted octanol–water partition coefficient (Wildman–Crippen LogP) is 3.57. The maximum Gasteiger partial charge on any atom is 0.186 e. The molecule has 1 fully saturated rings. The topological polar surface area (TPSA) is 73.4 Å². The minimum absolute atomic E-state index is 0. The molecule has 0 bridgehead atoms. The second-order valence-corrected chi connectivity index (χ2v) is 8.56. The van der Waals surface area contributed by atoms with E-state index >= 15 is 0 Å². The number of benzene rings is 1. The molecule has 1 aliphatic rings. The Balaban J connectivity index is 0.00000289. The van der Waals surface area contributed by atoms with Crippen molar-refractivity contribution >= 4 is 46.5 Å². The van der Waals surface area contributed by atoms with Crippen LogP contribution in [0.4, 0.5) is 11.5 Å². The number of halogens is 2. The molecule has 32 heavy (non-hydrogen) atoms. The number of aromatic amines is 1. The number of aryl methyl sites for hydroxylation is 1. The average Bonchev–Trinajstić information content (AvgIpc) is 3.19. The Morgan fingerprint density at radius 2 is 1.84 bits per heavy atom. The van der Waals surface area contributed by atoms with Crippen LogP contribution in [0.5, 0.6) is 5.75 Å². The summed E-state index contributed by atoms with van der Waals surface area (Å²) in [5.41, 5.74) is 4.08. The minimum Gasteiger partial charge on any atom is -0.492 e. The van der Waals surface area contributed by atoms with E-state index in [9.17, 15) is 0 Å². The maximum atomic E-state index is 6.44. The highest BCUT2D eigenvalue weighted by Crippen LogP contribution is 2.34. The van der Waals surface area contributed by atoms with Gasteiger partial charge in [-0.15, -0.1) is 12.4 Å². The van der Waals surface area contributed by atoms with Crippen LogP contribution in [0.3, 0.4) is 0 Å². The van der Waals surface area contributed by atoms with Crippen molar-refractivity contribution < 1.29 is 4.74 Å². The van der Waals surface area contributed by atoms with E-state index in [0.29, 0.717) is 11.6 Å². The van der Waals surface area contributed by atoms with Crippen LogP contribution in [0.1, 0.15) is 18.2 Å². The molecule has 0 spiro atoms. The number of hydrogen-bond acceptors (Lipinski definition) is 7. The number of H-pyrrole nitrogens is 1. The summed E-state index contributed by atoms with van der Waals surface area (Å²) >= 11 is 6.44. The molecule has 4 rings (SSSR count). The van der Waals surface area contributed by atoms with Crippen LogP contribution in [-0.4, -0.2) is 78.5 Å². The first-order valence-electron chi connectivity index (χ1n) is 10.7. The normalized spacial score (nSPS) is 14.2. The predicted molar refractivity (Wildman–Crippen MR) is 133 cm³/mol. The molecule has 3 aromatic rings. The van der Waals surface area contributed by atoms with Gasteiger partial charge in [-0.2, -0.15) is 5.10 Å². The summed E-state index contributed by atoms with van der Waals surface area (Å²) in [6.45, 7) is 9.20. The molecule has 174 valence electrons. The Morgan fingerprint density at radius 1 is 1.12 bits per heavy atom. The molecule has 8 nitrogen and oxygen atoms in total. The molecule has 0 aliphatic carbocycles. The van der Waals surface area contributed by atoms with Crippen molar-refractivity contribution in [1.82, 2.24) is 25.1 Å². The molecule has 0 unspecified atom stereocenters. The number of aromatic nitrogens is 4. The molecular weight excluding hydrogens is 449 g/mol. The van der Waals surface area contributed by atoms with Gasteiger partial charge in [0, 0.05) is 54.7 Å². The Morgan fingerprint density at radius 3 is 2.53 bits per heavy atom. The van der Waals surface area contributed by atoms with E-state index in [1.807, 2.05) is 26.2 Å². The van der Waals surface area contributed by atoms with Crippen LogP contribution in [0.2, 0.25) is 5.02 Å². The Labute approximate surface area is 200 Å². The van der Waals surface area contributed by atoms with Gasteiger partial charge in [0.25, 0.3) is 0 Å². The van der Waals surface area contributed by atoms with E-state index in [4.69, 9.17) is 16.3 Å². The molecule has 10 heteroatoms. The summed E-state index contributed by atoms with van der Waals surface area (Å²) in [6.07, 6.45) is 2.47.